The molecular formula is C30H38ClN3O. The second kappa shape index (κ2) is 11.6. The Hall–Kier alpha value is -2.30. The van der Waals surface area contributed by atoms with Crippen molar-refractivity contribution in [2.24, 2.45) is 5.92 Å². The first-order chi connectivity index (χ1) is 17.2. The highest BCUT2D eigenvalue weighted by molar-refractivity contribution is 6.30. The van der Waals surface area contributed by atoms with Gasteiger partial charge in [-0.25, -0.2) is 0 Å². The third-order valence-electron chi connectivity index (χ3n) is 7.92. The predicted octanol–water partition coefficient (Wildman–Crippen LogP) is 6.78. The number of para-hydroxylation sites is 1. The van der Waals surface area contributed by atoms with Gasteiger partial charge in [0.1, 0.15) is 0 Å². The van der Waals surface area contributed by atoms with Crippen molar-refractivity contribution in [1.29, 1.82) is 0 Å². The molecule has 0 radical (unpaired) electrons. The van der Waals surface area contributed by atoms with Crippen LogP contribution >= 0.6 is 11.6 Å². The molecule has 0 unspecified atom stereocenters. The lowest BCUT2D eigenvalue weighted by Gasteiger charge is -2.32. The van der Waals surface area contributed by atoms with Crippen LogP contribution in [-0.2, 0) is 17.9 Å². The molecule has 0 bridgehead atoms. The van der Waals surface area contributed by atoms with E-state index < -0.39 is 0 Å². The highest BCUT2D eigenvalue weighted by atomic mass is 35.5. The Balaban J connectivity index is 1.21. The summed E-state index contributed by atoms with van der Waals surface area (Å²) in [7, 11) is 0. The van der Waals surface area contributed by atoms with Crippen molar-refractivity contribution >= 4 is 28.4 Å². The van der Waals surface area contributed by atoms with Gasteiger partial charge in [0.2, 0.25) is 5.91 Å². The number of halogens is 1. The number of hydrogen-bond acceptors (Lipinski definition) is 2. The lowest BCUT2D eigenvalue weighted by atomic mass is 9.93. The third kappa shape index (κ3) is 6.29. The molecule has 1 amide bonds. The van der Waals surface area contributed by atoms with E-state index in [1.54, 1.807) is 0 Å². The van der Waals surface area contributed by atoms with E-state index >= 15 is 0 Å². The fraction of sp³-hybridized carbons (Fsp3) is 0.500. The minimum absolute atomic E-state index is 0.161. The maximum Gasteiger partial charge on any atom is 0.223 e. The largest absolute Gasteiger partial charge is 0.353 e. The fourth-order valence-corrected chi connectivity index (χ4v) is 6.12. The van der Waals surface area contributed by atoms with Crippen LogP contribution in [0.25, 0.3) is 10.9 Å². The normalized spacial score (nSPS) is 18.9. The van der Waals surface area contributed by atoms with E-state index in [0.29, 0.717) is 11.9 Å². The van der Waals surface area contributed by atoms with Gasteiger partial charge in [-0.05, 0) is 74.0 Å². The molecule has 1 aliphatic carbocycles. The molecule has 1 saturated heterocycles. The average molecular weight is 492 g/mol. The van der Waals surface area contributed by atoms with E-state index in [1.165, 1.54) is 54.3 Å². The molecule has 0 atom stereocenters. The summed E-state index contributed by atoms with van der Waals surface area (Å²) in [6.07, 6.45) is 10.7. The van der Waals surface area contributed by atoms with Crippen LogP contribution in [0.3, 0.4) is 0 Å². The van der Waals surface area contributed by atoms with E-state index in [-0.39, 0.29) is 5.92 Å². The molecule has 2 aromatic carbocycles. The number of hydrogen-bond donors (Lipinski definition) is 1. The molecule has 0 spiro atoms. The van der Waals surface area contributed by atoms with Crippen molar-refractivity contribution in [1.82, 2.24) is 14.8 Å². The SMILES string of the molecule is O=C(NC1CCCCCCC1)C1CCN(Cc2cc3ccccc3n2Cc2cccc(Cl)c2)CC1. The lowest BCUT2D eigenvalue weighted by molar-refractivity contribution is -0.127. The zero-order chi connectivity index (χ0) is 24.0. The predicted molar refractivity (Wildman–Crippen MR) is 145 cm³/mol. The van der Waals surface area contributed by atoms with E-state index in [9.17, 15) is 4.79 Å². The van der Waals surface area contributed by atoms with Crippen LogP contribution in [0.2, 0.25) is 5.02 Å². The molecule has 1 aromatic heterocycles. The first-order valence-electron chi connectivity index (χ1n) is 13.5. The number of piperidine rings is 1. The third-order valence-corrected chi connectivity index (χ3v) is 8.16. The van der Waals surface area contributed by atoms with Crippen LogP contribution in [0.1, 0.15) is 69.0 Å². The van der Waals surface area contributed by atoms with Gasteiger partial charge in [0.05, 0.1) is 0 Å². The number of amides is 1. The van der Waals surface area contributed by atoms with Crippen LogP contribution in [0, 0.1) is 5.92 Å². The highest BCUT2D eigenvalue weighted by Gasteiger charge is 2.27. The number of likely N-dealkylation sites (tertiary alicyclic amines) is 1. The van der Waals surface area contributed by atoms with Crippen LogP contribution in [0.15, 0.2) is 54.6 Å². The number of aromatic nitrogens is 1. The minimum atomic E-state index is 0.161. The van der Waals surface area contributed by atoms with Crippen molar-refractivity contribution in [3.05, 3.63) is 70.9 Å². The minimum Gasteiger partial charge on any atom is -0.353 e. The lowest BCUT2D eigenvalue weighted by Crippen LogP contribution is -2.44. The zero-order valence-electron chi connectivity index (χ0n) is 20.7. The van der Waals surface area contributed by atoms with Crippen molar-refractivity contribution in [2.45, 2.75) is 76.9 Å². The fourth-order valence-electron chi connectivity index (χ4n) is 5.91. The topological polar surface area (TPSA) is 37.3 Å². The first-order valence-corrected chi connectivity index (χ1v) is 13.9. The van der Waals surface area contributed by atoms with Gasteiger partial charge in [0.25, 0.3) is 0 Å². The summed E-state index contributed by atoms with van der Waals surface area (Å²) in [5.74, 6) is 0.458. The van der Waals surface area contributed by atoms with Crippen molar-refractivity contribution in [3.8, 4) is 0 Å². The number of benzene rings is 2. The molecule has 5 rings (SSSR count). The zero-order valence-corrected chi connectivity index (χ0v) is 21.5. The van der Waals surface area contributed by atoms with Crippen LogP contribution in [-0.4, -0.2) is 34.5 Å². The van der Waals surface area contributed by atoms with Gasteiger partial charge in [-0.15, -0.1) is 0 Å². The Labute approximate surface area is 214 Å². The van der Waals surface area contributed by atoms with Gasteiger partial charge in [-0.1, -0.05) is 74.0 Å². The van der Waals surface area contributed by atoms with E-state index in [2.05, 4.69) is 57.2 Å². The second-order valence-electron chi connectivity index (χ2n) is 10.5. The molecule has 2 heterocycles. The Morgan fingerprint density at radius 2 is 1.60 bits per heavy atom. The Kier molecular flexibility index (Phi) is 8.10. The number of carbonyl (C=O) groups excluding carboxylic acids is 1. The van der Waals surface area contributed by atoms with Crippen molar-refractivity contribution < 1.29 is 4.79 Å². The molecule has 186 valence electrons. The van der Waals surface area contributed by atoms with Crippen LogP contribution in [0.4, 0.5) is 0 Å². The summed E-state index contributed by atoms with van der Waals surface area (Å²) in [6.45, 7) is 3.67. The van der Waals surface area contributed by atoms with Gasteiger partial charge >= 0.3 is 0 Å². The smallest absolute Gasteiger partial charge is 0.223 e. The summed E-state index contributed by atoms with van der Waals surface area (Å²) in [4.78, 5) is 15.5. The maximum atomic E-state index is 13.0. The van der Waals surface area contributed by atoms with E-state index in [0.717, 1.165) is 56.9 Å². The number of rotatable bonds is 6. The molecule has 2 fully saturated rings. The molecule has 5 heteroatoms. The first kappa shape index (κ1) is 24.4. The Bertz CT molecular complexity index is 1120. The molecule has 1 aliphatic heterocycles. The summed E-state index contributed by atoms with van der Waals surface area (Å²) in [5, 5.41) is 5.46. The Morgan fingerprint density at radius 3 is 2.37 bits per heavy atom. The number of nitrogens with one attached hydrogen (secondary N) is 1. The maximum absolute atomic E-state index is 13.0. The molecule has 1 saturated carbocycles. The summed E-state index contributed by atoms with van der Waals surface area (Å²) < 4.78 is 2.43. The van der Waals surface area contributed by atoms with Crippen molar-refractivity contribution in [3.63, 3.8) is 0 Å². The van der Waals surface area contributed by atoms with Crippen molar-refractivity contribution in [2.75, 3.05) is 13.1 Å². The monoisotopic (exact) mass is 491 g/mol. The van der Waals surface area contributed by atoms with Crippen LogP contribution < -0.4 is 5.32 Å². The standard InChI is InChI=1S/C30H38ClN3O/c31-26-11-8-9-23(19-26)21-34-28(20-25-10-6-7-14-29(25)34)22-33-17-15-24(16-18-33)30(35)32-27-12-4-2-1-3-5-13-27/h6-11,14,19-20,24,27H,1-5,12-13,15-18,21-22H2,(H,32,35). The summed E-state index contributed by atoms with van der Waals surface area (Å²) in [5.41, 5.74) is 3.80. The second-order valence-corrected chi connectivity index (χ2v) is 10.9. The number of fused-ring (bicyclic) bond motifs is 1. The Morgan fingerprint density at radius 1 is 0.857 bits per heavy atom. The number of nitrogens with zero attached hydrogens (tertiary/aromatic N) is 2. The molecular weight excluding hydrogens is 454 g/mol. The molecule has 3 aromatic rings. The van der Waals surface area contributed by atoms with Gasteiger partial charge in [0, 0.05) is 41.3 Å². The van der Waals surface area contributed by atoms with E-state index in [1.807, 2.05) is 12.1 Å². The summed E-state index contributed by atoms with van der Waals surface area (Å²) in [6, 6.07) is 19.5. The summed E-state index contributed by atoms with van der Waals surface area (Å²) >= 11 is 6.26. The number of carbonyl (C=O) groups is 1. The molecule has 35 heavy (non-hydrogen) atoms. The van der Waals surface area contributed by atoms with Gasteiger partial charge in [-0.3, -0.25) is 9.69 Å². The average Bonchev–Trinajstić information content (AvgIpc) is 3.18. The van der Waals surface area contributed by atoms with Gasteiger partial charge in [-0.2, -0.15) is 0 Å². The van der Waals surface area contributed by atoms with Gasteiger partial charge < -0.3 is 9.88 Å². The van der Waals surface area contributed by atoms with Crippen LogP contribution in [0.5, 0.6) is 0 Å². The molecule has 4 nitrogen and oxygen atoms in total. The molecule has 2 aliphatic rings. The van der Waals surface area contributed by atoms with E-state index in [4.69, 9.17) is 11.6 Å². The quantitative estimate of drug-likeness (QED) is 0.412. The molecule has 1 N–H and O–H groups in total. The van der Waals surface area contributed by atoms with Gasteiger partial charge in [0.15, 0.2) is 0 Å². The highest BCUT2D eigenvalue weighted by Crippen LogP contribution is 2.26.